The lowest BCUT2D eigenvalue weighted by Crippen LogP contribution is -2.46. The third-order valence-corrected chi connectivity index (χ3v) is 6.13. The molecule has 3 amide bonds. The molecule has 2 aliphatic rings. The maximum absolute atomic E-state index is 14.1. The van der Waals surface area contributed by atoms with Gasteiger partial charge in [-0.05, 0) is 37.3 Å². The van der Waals surface area contributed by atoms with E-state index < -0.39 is 23.5 Å². The fraction of sp³-hybridized carbons (Fsp3) is 0.375. The fourth-order valence-electron chi connectivity index (χ4n) is 4.15. The Balaban J connectivity index is 1.51. The number of likely N-dealkylation sites (tertiary alicyclic amines) is 1. The van der Waals surface area contributed by atoms with Gasteiger partial charge in [0.2, 0.25) is 17.7 Å². The van der Waals surface area contributed by atoms with Crippen molar-refractivity contribution in [3.05, 3.63) is 71.5 Å². The van der Waals surface area contributed by atoms with Crippen LogP contribution in [0.2, 0.25) is 0 Å². The van der Waals surface area contributed by atoms with Crippen molar-refractivity contribution in [2.24, 2.45) is 5.92 Å². The number of nitrogens with zero attached hydrogens (tertiary/aromatic N) is 2. The largest absolute Gasteiger partial charge is 0.334 e. The zero-order valence-electron chi connectivity index (χ0n) is 17.0. The van der Waals surface area contributed by atoms with Gasteiger partial charge in [-0.3, -0.25) is 19.3 Å². The van der Waals surface area contributed by atoms with Crippen LogP contribution in [0.1, 0.15) is 43.2 Å². The number of hydrogen-bond acceptors (Lipinski definition) is 3. The zero-order chi connectivity index (χ0) is 21.3. The summed E-state index contributed by atoms with van der Waals surface area (Å²) in [5.74, 6) is -2.11. The van der Waals surface area contributed by atoms with E-state index in [0.29, 0.717) is 12.5 Å². The van der Waals surface area contributed by atoms with E-state index in [1.54, 1.807) is 17.0 Å². The van der Waals surface area contributed by atoms with Gasteiger partial charge in [0.25, 0.3) is 0 Å². The second kappa shape index (κ2) is 8.38. The van der Waals surface area contributed by atoms with Crippen LogP contribution in [0.5, 0.6) is 0 Å². The lowest BCUT2D eigenvalue weighted by atomic mass is 9.97. The molecule has 4 rings (SSSR count). The molecule has 1 saturated carbocycles. The van der Waals surface area contributed by atoms with Crippen LogP contribution < -0.4 is 0 Å². The average molecular weight is 408 g/mol. The highest BCUT2D eigenvalue weighted by Crippen LogP contribution is 2.36. The Labute approximate surface area is 175 Å². The quantitative estimate of drug-likeness (QED) is 0.659. The van der Waals surface area contributed by atoms with Crippen LogP contribution in [-0.4, -0.2) is 40.1 Å². The summed E-state index contributed by atoms with van der Waals surface area (Å²) in [6.45, 7) is 2.16. The standard InChI is InChI=1S/C24H25FN2O3/c1-16(18-11-12-18)26(14-17-7-3-2-4-8-17)23(29)15-27-22(28)13-20(24(27)30)19-9-5-6-10-21(19)25/h2-10,16,18,20H,11-15H2,1H3/t16-,20+/m0/s1. The average Bonchev–Trinajstić information content (AvgIpc) is 3.56. The summed E-state index contributed by atoms with van der Waals surface area (Å²) in [6, 6.07) is 15.7. The van der Waals surface area contributed by atoms with Crippen molar-refractivity contribution < 1.29 is 18.8 Å². The number of carbonyl (C=O) groups is 3. The molecule has 2 atom stereocenters. The highest BCUT2D eigenvalue weighted by atomic mass is 19.1. The van der Waals surface area contributed by atoms with Gasteiger partial charge >= 0.3 is 0 Å². The molecular weight excluding hydrogens is 383 g/mol. The summed E-state index contributed by atoms with van der Waals surface area (Å²) >= 11 is 0. The molecule has 2 fully saturated rings. The number of rotatable bonds is 7. The molecule has 2 aromatic rings. The van der Waals surface area contributed by atoms with Gasteiger partial charge in [0.15, 0.2) is 0 Å². The van der Waals surface area contributed by atoms with Crippen LogP contribution in [-0.2, 0) is 20.9 Å². The van der Waals surface area contributed by atoms with Crippen LogP contribution in [0, 0.1) is 11.7 Å². The highest BCUT2D eigenvalue weighted by molar-refractivity contribution is 6.08. The molecule has 0 N–H and O–H groups in total. The van der Waals surface area contributed by atoms with Gasteiger partial charge < -0.3 is 4.90 Å². The summed E-state index contributed by atoms with van der Waals surface area (Å²) in [5, 5.41) is 0. The Kier molecular flexibility index (Phi) is 5.66. The molecule has 1 aliphatic heterocycles. The molecule has 0 bridgehead atoms. The molecule has 30 heavy (non-hydrogen) atoms. The minimum Gasteiger partial charge on any atom is -0.334 e. The first-order chi connectivity index (χ1) is 14.5. The number of hydrogen-bond donors (Lipinski definition) is 0. The number of imide groups is 1. The molecule has 0 radical (unpaired) electrons. The summed E-state index contributed by atoms with van der Waals surface area (Å²) < 4.78 is 14.1. The predicted octanol–water partition coefficient (Wildman–Crippen LogP) is 3.50. The second-order valence-corrected chi connectivity index (χ2v) is 8.18. The SMILES string of the molecule is C[C@@H](C1CC1)N(Cc1ccccc1)C(=O)CN1C(=O)C[C@H](c2ccccc2F)C1=O. The van der Waals surface area contributed by atoms with Gasteiger partial charge in [0, 0.05) is 24.6 Å². The first-order valence-electron chi connectivity index (χ1n) is 10.4. The Morgan fingerprint density at radius 2 is 1.77 bits per heavy atom. The van der Waals surface area contributed by atoms with Crippen LogP contribution >= 0.6 is 0 Å². The van der Waals surface area contributed by atoms with E-state index in [4.69, 9.17) is 0 Å². The predicted molar refractivity (Wildman–Crippen MR) is 110 cm³/mol. The van der Waals surface area contributed by atoms with Crippen LogP contribution in [0.3, 0.4) is 0 Å². The van der Waals surface area contributed by atoms with Crippen LogP contribution in [0.4, 0.5) is 4.39 Å². The van der Waals surface area contributed by atoms with Crippen molar-refractivity contribution in [2.75, 3.05) is 6.54 Å². The molecule has 1 aliphatic carbocycles. The van der Waals surface area contributed by atoms with Gasteiger partial charge in [-0.2, -0.15) is 0 Å². The number of carbonyl (C=O) groups excluding carboxylic acids is 3. The van der Waals surface area contributed by atoms with Gasteiger partial charge in [0.1, 0.15) is 12.4 Å². The molecule has 0 unspecified atom stereocenters. The number of halogens is 1. The Morgan fingerprint density at radius 1 is 1.10 bits per heavy atom. The topological polar surface area (TPSA) is 57.7 Å². The van der Waals surface area contributed by atoms with Crippen molar-refractivity contribution in [3.63, 3.8) is 0 Å². The van der Waals surface area contributed by atoms with Gasteiger partial charge in [-0.1, -0.05) is 48.5 Å². The summed E-state index contributed by atoms with van der Waals surface area (Å²) in [4.78, 5) is 41.3. The number of benzene rings is 2. The van der Waals surface area contributed by atoms with E-state index >= 15 is 0 Å². The van der Waals surface area contributed by atoms with E-state index in [1.165, 1.54) is 12.1 Å². The normalized spacial score (nSPS) is 19.8. The maximum atomic E-state index is 14.1. The van der Waals surface area contributed by atoms with Crippen molar-refractivity contribution in [1.29, 1.82) is 0 Å². The van der Waals surface area contributed by atoms with Gasteiger partial charge in [-0.15, -0.1) is 0 Å². The van der Waals surface area contributed by atoms with E-state index in [-0.39, 0.29) is 30.5 Å². The van der Waals surface area contributed by atoms with Crippen molar-refractivity contribution in [2.45, 2.75) is 44.7 Å². The van der Waals surface area contributed by atoms with E-state index in [2.05, 4.69) is 0 Å². The molecular formula is C24H25FN2O3. The lowest BCUT2D eigenvalue weighted by Gasteiger charge is -2.31. The second-order valence-electron chi connectivity index (χ2n) is 8.18. The van der Waals surface area contributed by atoms with Gasteiger partial charge in [0.05, 0.1) is 5.92 Å². The molecule has 2 aromatic carbocycles. The molecule has 156 valence electrons. The fourth-order valence-corrected chi connectivity index (χ4v) is 4.15. The molecule has 0 aromatic heterocycles. The molecule has 1 heterocycles. The van der Waals surface area contributed by atoms with E-state index in [9.17, 15) is 18.8 Å². The molecule has 0 spiro atoms. The third kappa shape index (κ3) is 4.13. The van der Waals surface area contributed by atoms with Gasteiger partial charge in [-0.25, -0.2) is 4.39 Å². The third-order valence-electron chi connectivity index (χ3n) is 6.13. The zero-order valence-corrected chi connectivity index (χ0v) is 17.0. The van der Waals surface area contributed by atoms with E-state index in [1.807, 2.05) is 37.3 Å². The smallest absolute Gasteiger partial charge is 0.243 e. The first kappa shape index (κ1) is 20.3. The van der Waals surface area contributed by atoms with Crippen LogP contribution in [0.15, 0.2) is 54.6 Å². The Morgan fingerprint density at radius 3 is 2.43 bits per heavy atom. The molecule has 6 heteroatoms. The maximum Gasteiger partial charge on any atom is 0.243 e. The number of amides is 3. The van der Waals surface area contributed by atoms with Crippen molar-refractivity contribution >= 4 is 17.7 Å². The van der Waals surface area contributed by atoms with E-state index in [0.717, 1.165) is 23.3 Å². The molecule has 5 nitrogen and oxygen atoms in total. The van der Waals surface area contributed by atoms with Crippen molar-refractivity contribution in [3.8, 4) is 0 Å². The summed E-state index contributed by atoms with van der Waals surface area (Å²) in [6.07, 6.45) is 2.05. The molecule has 1 saturated heterocycles. The monoisotopic (exact) mass is 408 g/mol. The van der Waals surface area contributed by atoms with Crippen molar-refractivity contribution in [1.82, 2.24) is 9.80 Å². The minimum atomic E-state index is -0.866. The first-order valence-corrected chi connectivity index (χ1v) is 10.4. The lowest BCUT2D eigenvalue weighted by molar-refractivity contribution is -0.147. The Bertz CT molecular complexity index is 958. The summed E-state index contributed by atoms with van der Waals surface area (Å²) in [7, 11) is 0. The Hall–Kier alpha value is -3.02. The summed E-state index contributed by atoms with van der Waals surface area (Å²) in [5.41, 5.74) is 1.21. The highest BCUT2D eigenvalue weighted by Gasteiger charge is 2.43. The minimum absolute atomic E-state index is 0.0351. The van der Waals surface area contributed by atoms with Crippen LogP contribution in [0.25, 0.3) is 0 Å².